The number of hydrogen-bond donors (Lipinski definition) is 2. The highest BCUT2D eigenvalue weighted by molar-refractivity contribution is 9.10. The molecule has 0 aliphatic carbocycles. The zero-order valence-electron chi connectivity index (χ0n) is 13.3. The molecular formula is C18H21BrN2O2. The van der Waals surface area contributed by atoms with Gasteiger partial charge in [0.1, 0.15) is 5.75 Å². The number of hydrogen-bond acceptors (Lipinski definition) is 3. The first kappa shape index (κ1) is 17.3. The Morgan fingerprint density at radius 3 is 2.26 bits per heavy atom. The Morgan fingerprint density at radius 2 is 1.65 bits per heavy atom. The van der Waals surface area contributed by atoms with Crippen LogP contribution in [0.25, 0.3) is 0 Å². The molecule has 0 saturated heterocycles. The molecule has 0 radical (unpaired) electrons. The molecule has 2 aromatic carbocycles. The van der Waals surface area contributed by atoms with E-state index in [2.05, 4.69) is 40.4 Å². The van der Waals surface area contributed by atoms with Gasteiger partial charge in [-0.1, -0.05) is 29.8 Å². The summed E-state index contributed by atoms with van der Waals surface area (Å²) in [6.07, 6.45) is 0. The van der Waals surface area contributed by atoms with Gasteiger partial charge in [0, 0.05) is 15.8 Å². The van der Waals surface area contributed by atoms with Crippen LogP contribution in [0.2, 0.25) is 0 Å². The lowest BCUT2D eigenvalue weighted by Crippen LogP contribution is -2.21. The molecule has 0 aliphatic rings. The molecule has 0 bridgehead atoms. The van der Waals surface area contributed by atoms with Gasteiger partial charge in [0.2, 0.25) is 5.91 Å². The normalized spacial score (nSPS) is 10.4. The van der Waals surface area contributed by atoms with Crippen LogP contribution >= 0.6 is 15.9 Å². The molecule has 0 aliphatic heterocycles. The van der Waals surface area contributed by atoms with Crippen molar-refractivity contribution in [1.82, 2.24) is 0 Å². The van der Waals surface area contributed by atoms with Gasteiger partial charge in [0.15, 0.2) is 0 Å². The molecule has 23 heavy (non-hydrogen) atoms. The lowest BCUT2D eigenvalue weighted by molar-refractivity contribution is -0.114. The molecule has 2 N–H and O–H groups in total. The average Bonchev–Trinajstić information content (AvgIpc) is 2.54. The smallest absolute Gasteiger partial charge is 0.243 e. The first-order valence-corrected chi connectivity index (χ1v) is 8.34. The predicted octanol–water partition coefficient (Wildman–Crippen LogP) is 4.53. The van der Waals surface area contributed by atoms with Crippen molar-refractivity contribution in [2.24, 2.45) is 5.92 Å². The molecular weight excluding hydrogens is 356 g/mol. The van der Waals surface area contributed by atoms with Crippen LogP contribution in [0.3, 0.4) is 0 Å². The third-order valence-electron chi connectivity index (χ3n) is 3.02. The predicted molar refractivity (Wildman–Crippen MR) is 98.0 cm³/mol. The summed E-state index contributed by atoms with van der Waals surface area (Å²) in [4.78, 5) is 11.9. The zero-order chi connectivity index (χ0) is 16.7. The van der Waals surface area contributed by atoms with E-state index < -0.39 is 0 Å². The van der Waals surface area contributed by atoms with Crippen molar-refractivity contribution in [3.63, 3.8) is 0 Å². The molecule has 5 heteroatoms. The van der Waals surface area contributed by atoms with Gasteiger partial charge in [-0.25, -0.2) is 0 Å². The molecule has 122 valence electrons. The maximum absolute atomic E-state index is 11.9. The van der Waals surface area contributed by atoms with E-state index in [1.165, 1.54) is 0 Å². The molecule has 1 amide bonds. The van der Waals surface area contributed by atoms with Gasteiger partial charge in [-0.15, -0.1) is 0 Å². The van der Waals surface area contributed by atoms with Crippen LogP contribution < -0.4 is 15.4 Å². The minimum atomic E-state index is -0.0903. The number of amides is 1. The first-order chi connectivity index (χ1) is 11.0. The second-order valence-corrected chi connectivity index (χ2v) is 6.55. The second-order valence-electron chi connectivity index (χ2n) is 5.64. The van der Waals surface area contributed by atoms with Gasteiger partial charge in [-0.3, -0.25) is 4.79 Å². The van der Waals surface area contributed by atoms with Crippen LogP contribution in [0, 0.1) is 5.92 Å². The molecule has 0 aromatic heterocycles. The van der Waals surface area contributed by atoms with Crippen LogP contribution in [-0.4, -0.2) is 19.1 Å². The lowest BCUT2D eigenvalue weighted by Gasteiger charge is -2.10. The molecule has 0 saturated carbocycles. The van der Waals surface area contributed by atoms with Crippen LogP contribution in [0.1, 0.15) is 13.8 Å². The first-order valence-electron chi connectivity index (χ1n) is 7.55. The van der Waals surface area contributed by atoms with Gasteiger partial charge in [-0.2, -0.15) is 0 Å². The number of anilines is 2. The molecule has 0 atom stereocenters. The summed E-state index contributed by atoms with van der Waals surface area (Å²) < 4.78 is 6.61. The van der Waals surface area contributed by atoms with Crippen molar-refractivity contribution in [3.8, 4) is 5.75 Å². The summed E-state index contributed by atoms with van der Waals surface area (Å²) in [5.41, 5.74) is 1.66. The summed E-state index contributed by atoms with van der Waals surface area (Å²) >= 11 is 3.36. The summed E-state index contributed by atoms with van der Waals surface area (Å²) in [6.45, 7) is 5.13. The van der Waals surface area contributed by atoms with E-state index in [1.54, 1.807) is 0 Å². The zero-order valence-corrected chi connectivity index (χ0v) is 14.9. The van der Waals surface area contributed by atoms with Gasteiger partial charge in [-0.05, 0) is 54.4 Å². The highest BCUT2D eigenvalue weighted by atomic mass is 79.9. The van der Waals surface area contributed by atoms with Crippen molar-refractivity contribution in [3.05, 3.63) is 53.0 Å². The maximum Gasteiger partial charge on any atom is 0.243 e. The number of rotatable bonds is 7. The number of carbonyl (C=O) groups is 1. The Balaban J connectivity index is 1.78. The molecule has 0 fully saturated rings. The van der Waals surface area contributed by atoms with Gasteiger partial charge >= 0.3 is 0 Å². The Bertz CT molecular complexity index is 624. The Kier molecular flexibility index (Phi) is 6.47. The molecule has 2 aromatic rings. The fourth-order valence-corrected chi connectivity index (χ4v) is 2.12. The topological polar surface area (TPSA) is 50.4 Å². The molecule has 2 rings (SSSR count). The van der Waals surface area contributed by atoms with E-state index in [-0.39, 0.29) is 12.5 Å². The van der Waals surface area contributed by atoms with Crippen molar-refractivity contribution in [2.75, 3.05) is 23.8 Å². The van der Waals surface area contributed by atoms with Crippen molar-refractivity contribution in [1.29, 1.82) is 0 Å². The number of carbonyl (C=O) groups excluding carboxylic acids is 1. The van der Waals surface area contributed by atoms with E-state index in [1.807, 2.05) is 48.5 Å². The largest absolute Gasteiger partial charge is 0.493 e. The quantitative estimate of drug-likeness (QED) is 0.745. The van der Waals surface area contributed by atoms with E-state index in [9.17, 15) is 4.79 Å². The van der Waals surface area contributed by atoms with Crippen LogP contribution in [0.15, 0.2) is 53.0 Å². The molecule has 0 spiro atoms. The minimum absolute atomic E-state index is 0.0903. The Labute approximate surface area is 145 Å². The highest BCUT2D eigenvalue weighted by Crippen LogP contribution is 2.17. The van der Waals surface area contributed by atoms with E-state index in [4.69, 9.17) is 4.74 Å². The van der Waals surface area contributed by atoms with E-state index >= 15 is 0 Å². The summed E-state index contributed by atoms with van der Waals surface area (Å²) in [5, 5.41) is 5.93. The van der Waals surface area contributed by atoms with E-state index in [0.717, 1.165) is 21.6 Å². The van der Waals surface area contributed by atoms with Gasteiger partial charge in [0.25, 0.3) is 0 Å². The monoisotopic (exact) mass is 376 g/mol. The molecule has 4 nitrogen and oxygen atoms in total. The minimum Gasteiger partial charge on any atom is -0.493 e. The molecule has 0 unspecified atom stereocenters. The fraction of sp³-hybridized carbons (Fsp3) is 0.278. The second kappa shape index (κ2) is 8.58. The third kappa shape index (κ3) is 6.32. The van der Waals surface area contributed by atoms with Gasteiger partial charge in [0.05, 0.1) is 13.2 Å². The van der Waals surface area contributed by atoms with Crippen LogP contribution in [0.5, 0.6) is 5.75 Å². The van der Waals surface area contributed by atoms with E-state index in [0.29, 0.717) is 12.5 Å². The van der Waals surface area contributed by atoms with Crippen LogP contribution in [-0.2, 0) is 4.79 Å². The average molecular weight is 377 g/mol. The van der Waals surface area contributed by atoms with Crippen molar-refractivity contribution < 1.29 is 9.53 Å². The summed E-state index contributed by atoms with van der Waals surface area (Å²) in [7, 11) is 0. The SMILES string of the molecule is CC(C)COc1ccc(NCC(=O)Nc2ccc(Br)cc2)cc1. The van der Waals surface area contributed by atoms with Gasteiger partial charge < -0.3 is 15.4 Å². The third-order valence-corrected chi connectivity index (χ3v) is 3.55. The highest BCUT2D eigenvalue weighted by Gasteiger charge is 2.03. The van der Waals surface area contributed by atoms with Crippen molar-refractivity contribution in [2.45, 2.75) is 13.8 Å². The van der Waals surface area contributed by atoms with Crippen LogP contribution in [0.4, 0.5) is 11.4 Å². The standard InChI is InChI=1S/C18H21BrN2O2/c1-13(2)12-23-17-9-7-15(8-10-17)20-11-18(22)21-16-5-3-14(19)4-6-16/h3-10,13,20H,11-12H2,1-2H3,(H,21,22). The Hall–Kier alpha value is -2.01. The summed E-state index contributed by atoms with van der Waals surface area (Å²) in [5.74, 6) is 1.24. The summed E-state index contributed by atoms with van der Waals surface area (Å²) in [6, 6.07) is 15.1. The lowest BCUT2D eigenvalue weighted by atomic mass is 10.2. The number of halogens is 1. The van der Waals surface area contributed by atoms with Crippen molar-refractivity contribution >= 4 is 33.2 Å². The number of ether oxygens (including phenoxy) is 1. The maximum atomic E-state index is 11.9. The number of benzene rings is 2. The fourth-order valence-electron chi connectivity index (χ4n) is 1.85. The Morgan fingerprint density at radius 1 is 1.04 bits per heavy atom. The molecule has 0 heterocycles. The number of nitrogens with one attached hydrogen (secondary N) is 2.